The zero-order chi connectivity index (χ0) is 23.1. The van der Waals surface area contributed by atoms with E-state index in [1.54, 1.807) is 0 Å². The molecular formula is C22H37N5O4. The second kappa shape index (κ2) is 11.2. The van der Waals surface area contributed by atoms with Gasteiger partial charge in [0.15, 0.2) is 5.69 Å². The first-order valence-corrected chi connectivity index (χ1v) is 11.3. The zero-order valence-corrected chi connectivity index (χ0v) is 19.2. The zero-order valence-electron chi connectivity index (χ0n) is 19.2. The van der Waals surface area contributed by atoms with Crippen LogP contribution in [0, 0.1) is 11.8 Å². The Labute approximate surface area is 183 Å². The van der Waals surface area contributed by atoms with Gasteiger partial charge in [0.1, 0.15) is 5.82 Å². The van der Waals surface area contributed by atoms with Crippen molar-refractivity contribution in [2.45, 2.75) is 85.2 Å². The first-order chi connectivity index (χ1) is 14.6. The molecule has 0 atom stereocenters. The first-order valence-electron chi connectivity index (χ1n) is 11.3. The molecule has 1 aliphatic carbocycles. The van der Waals surface area contributed by atoms with Gasteiger partial charge in [0.25, 0.3) is 5.56 Å². The van der Waals surface area contributed by atoms with Crippen LogP contribution in [0.5, 0.6) is 0 Å². The van der Waals surface area contributed by atoms with Gasteiger partial charge in [-0.25, -0.2) is 4.79 Å². The normalized spacial score (nSPS) is 14.8. The lowest BCUT2D eigenvalue weighted by atomic mass is 9.95. The van der Waals surface area contributed by atoms with Crippen LogP contribution in [0.15, 0.2) is 9.59 Å². The molecule has 0 saturated heterocycles. The predicted octanol–water partition coefficient (Wildman–Crippen LogP) is 1.99. The number of anilines is 2. The number of nitrogens with two attached hydrogens (primary N) is 1. The van der Waals surface area contributed by atoms with Gasteiger partial charge in [0, 0.05) is 32.0 Å². The molecule has 9 heteroatoms. The number of carbonyl (C=O) groups is 2. The van der Waals surface area contributed by atoms with E-state index in [4.69, 9.17) is 5.73 Å². The van der Waals surface area contributed by atoms with Crippen molar-refractivity contribution in [3.63, 3.8) is 0 Å². The minimum absolute atomic E-state index is 0.0216. The number of rotatable bonds is 9. The summed E-state index contributed by atoms with van der Waals surface area (Å²) >= 11 is 0. The molecule has 1 aromatic rings. The van der Waals surface area contributed by atoms with E-state index in [2.05, 4.69) is 10.3 Å². The van der Waals surface area contributed by atoms with E-state index in [0.717, 1.165) is 25.7 Å². The van der Waals surface area contributed by atoms with Crippen LogP contribution in [0.2, 0.25) is 0 Å². The Balaban J connectivity index is 2.21. The van der Waals surface area contributed by atoms with Crippen molar-refractivity contribution in [2.24, 2.45) is 11.8 Å². The van der Waals surface area contributed by atoms with Gasteiger partial charge in [-0.2, -0.15) is 0 Å². The standard InChI is InChI=1S/C22H37N5O4/c1-14(2)12-26(18(29)11-10-17(28)24-16-8-6-5-7-9-16)19-20(23)27(13-15(3)4)22(31)25-21(19)30/h14-16H,5-13,23H2,1-4H3,(H,24,28)(H,25,30,31). The molecule has 0 bridgehead atoms. The van der Waals surface area contributed by atoms with Crippen LogP contribution in [0.1, 0.15) is 72.6 Å². The molecule has 0 radical (unpaired) electrons. The average Bonchev–Trinajstić information content (AvgIpc) is 2.68. The van der Waals surface area contributed by atoms with Crippen molar-refractivity contribution in [1.29, 1.82) is 0 Å². The Morgan fingerprint density at radius 3 is 2.32 bits per heavy atom. The van der Waals surface area contributed by atoms with Gasteiger partial charge < -0.3 is 16.0 Å². The molecular weight excluding hydrogens is 398 g/mol. The second-order valence-corrected chi connectivity index (χ2v) is 9.30. The summed E-state index contributed by atoms with van der Waals surface area (Å²) in [6.07, 6.45) is 5.38. The van der Waals surface area contributed by atoms with Gasteiger partial charge >= 0.3 is 5.69 Å². The maximum Gasteiger partial charge on any atom is 0.330 e. The fraction of sp³-hybridized carbons (Fsp3) is 0.727. The van der Waals surface area contributed by atoms with Crippen molar-refractivity contribution in [3.8, 4) is 0 Å². The summed E-state index contributed by atoms with van der Waals surface area (Å²) in [6.45, 7) is 8.28. The van der Waals surface area contributed by atoms with Crippen molar-refractivity contribution in [3.05, 3.63) is 20.8 Å². The molecule has 0 spiro atoms. The average molecular weight is 436 g/mol. The van der Waals surface area contributed by atoms with E-state index in [1.165, 1.54) is 15.9 Å². The molecule has 0 unspecified atom stereocenters. The third-order valence-corrected chi connectivity index (χ3v) is 5.42. The van der Waals surface area contributed by atoms with Crippen molar-refractivity contribution < 1.29 is 9.59 Å². The number of hydrogen-bond donors (Lipinski definition) is 3. The minimum atomic E-state index is -0.692. The molecule has 2 amide bonds. The van der Waals surface area contributed by atoms with E-state index in [9.17, 15) is 19.2 Å². The number of H-pyrrole nitrogens is 1. The smallest absolute Gasteiger partial charge is 0.330 e. The van der Waals surface area contributed by atoms with Crippen LogP contribution in [0.3, 0.4) is 0 Å². The van der Waals surface area contributed by atoms with E-state index < -0.39 is 11.2 Å². The largest absolute Gasteiger partial charge is 0.383 e. The molecule has 1 saturated carbocycles. The van der Waals surface area contributed by atoms with Crippen LogP contribution < -0.4 is 27.2 Å². The number of amides is 2. The summed E-state index contributed by atoms with van der Waals surface area (Å²) in [5, 5.41) is 3.01. The highest BCUT2D eigenvalue weighted by Crippen LogP contribution is 2.21. The van der Waals surface area contributed by atoms with Crippen LogP contribution in [-0.4, -0.2) is 34.0 Å². The molecule has 1 aliphatic rings. The topological polar surface area (TPSA) is 130 Å². The Hall–Kier alpha value is -2.58. The van der Waals surface area contributed by atoms with Crippen molar-refractivity contribution in [2.75, 3.05) is 17.2 Å². The van der Waals surface area contributed by atoms with E-state index in [0.29, 0.717) is 6.54 Å². The van der Waals surface area contributed by atoms with Gasteiger partial charge in [0.2, 0.25) is 11.8 Å². The molecule has 174 valence electrons. The molecule has 0 aliphatic heterocycles. The van der Waals surface area contributed by atoms with E-state index >= 15 is 0 Å². The van der Waals surface area contributed by atoms with E-state index in [1.807, 2.05) is 27.7 Å². The molecule has 1 aromatic heterocycles. The van der Waals surface area contributed by atoms with Crippen LogP contribution in [-0.2, 0) is 16.1 Å². The van der Waals surface area contributed by atoms with Crippen LogP contribution in [0.25, 0.3) is 0 Å². The summed E-state index contributed by atoms with van der Waals surface area (Å²) in [7, 11) is 0. The van der Waals surface area contributed by atoms with E-state index in [-0.39, 0.29) is 60.6 Å². The fourth-order valence-corrected chi connectivity index (χ4v) is 3.97. The summed E-state index contributed by atoms with van der Waals surface area (Å²) in [6, 6.07) is 0.182. The number of aromatic nitrogens is 2. The molecule has 0 aromatic carbocycles. The third-order valence-electron chi connectivity index (χ3n) is 5.42. The highest BCUT2D eigenvalue weighted by atomic mass is 16.2. The maximum absolute atomic E-state index is 13.0. The number of carbonyl (C=O) groups excluding carboxylic acids is 2. The third kappa shape index (κ3) is 6.97. The second-order valence-electron chi connectivity index (χ2n) is 9.30. The predicted molar refractivity (Wildman–Crippen MR) is 122 cm³/mol. The van der Waals surface area contributed by atoms with Gasteiger partial charge in [-0.15, -0.1) is 0 Å². The molecule has 4 N–H and O–H groups in total. The Morgan fingerprint density at radius 1 is 1.10 bits per heavy atom. The highest BCUT2D eigenvalue weighted by molar-refractivity contribution is 5.97. The summed E-state index contributed by atoms with van der Waals surface area (Å²) < 4.78 is 1.29. The molecule has 2 rings (SSSR count). The lowest BCUT2D eigenvalue weighted by Crippen LogP contribution is -2.43. The Kier molecular flexibility index (Phi) is 8.88. The van der Waals surface area contributed by atoms with Crippen molar-refractivity contribution >= 4 is 23.3 Å². The molecule has 9 nitrogen and oxygen atoms in total. The summed E-state index contributed by atoms with van der Waals surface area (Å²) in [5.74, 6) is -0.361. The number of nitrogens with one attached hydrogen (secondary N) is 2. The molecule has 1 heterocycles. The number of nitrogens with zero attached hydrogens (tertiary/aromatic N) is 2. The van der Waals surface area contributed by atoms with Crippen LogP contribution >= 0.6 is 0 Å². The SMILES string of the molecule is CC(C)CN(C(=O)CCC(=O)NC1CCCCC1)c1c(N)n(CC(C)C)c(=O)[nH]c1=O. The number of hydrogen-bond acceptors (Lipinski definition) is 5. The maximum atomic E-state index is 13.0. The van der Waals surface area contributed by atoms with Gasteiger partial charge in [0.05, 0.1) is 0 Å². The summed E-state index contributed by atoms with van der Waals surface area (Å²) in [5.41, 5.74) is 4.89. The van der Waals surface area contributed by atoms with Crippen molar-refractivity contribution in [1.82, 2.24) is 14.9 Å². The monoisotopic (exact) mass is 435 g/mol. The first kappa shape index (κ1) is 24.7. The number of aromatic amines is 1. The fourth-order valence-electron chi connectivity index (χ4n) is 3.97. The minimum Gasteiger partial charge on any atom is -0.383 e. The lowest BCUT2D eigenvalue weighted by Gasteiger charge is -2.27. The van der Waals surface area contributed by atoms with Crippen LogP contribution in [0.4, 0.5) is 11.5 Å². The summed E-state index contributed by atoms with van der Waals surface area (Å²) in [4.78, 5) is 53.8. The Morgan fingerprint density at radius 2 is 1.74 bits per heavy atom. The molecule has 1 fully saturated rings. The van der Waals surface area contributed by atoms with Gasteiger partial charge in [-0.05, 0) is 24.7 Å². The highest BCUT2D eigenvalue weighted by Gasteiger charge is 2.26. The quantitative estimate of drug-likeness (QED) is 0.546. The van der Waals surface area contributed by atoms with Gasteiger partial charge in [-0.1, -0.05) is 47.0 Å². The van der Waals surface area contributed by atoms with Gasteiger partial charge in [-0.3, -0.25) is 23.9 Å². The number of nitrogen functional groups attached to an aromatic ring is 1. The lowest BCUT2D eigenvalue weighted by molar-refractivity contribution is -0.125. The molecule has 31 heavy (non-hydrogen) atoms. The Bertz CT molecular complexity index is 881.